The summed E-state index contributed by atoms with van der Waals surface area (Å²) in [5, 5.41) is 13.0. The summed E-state index contributed by atoms with van der Waals surface area (Å²) in [7, 11) is 1.89. The van der Waals surface area contributed by atoms with Crippen molar-refractivity contribution in [1.29, 1.82) is 0 Å². The van der Waals surface area contributed by atoms with Crippen molar-refractivity contribution >= 4 is 34.8 Å². The van der Waals surface area contributed by atoms with Crippen LogP contribution in [0.5, 0.6) is 0 Å². The molecule has 21 heavy (non-hydrogen) atoms. The lowest BCUT2D eigenvalue weighted by molar-refractivity contribution is -0.119. The molecule has 0 bridgehead atoms. The predicted octanol–water partition coefficient (Wildman–Crippen LogP) is 1.55. The van der Waals surface area contributed by atoms with E-state index in [-0.39, 0.29) is 30.2 Å². The number of hydrogen-bond donors (Lipinski definition) is 2. The van der Waals surface area contributed by atoms with Crippen LogP contribution in [-0.2, 0) is 11.8 Å². The van der Waals surface area contributed by atoms with Crippen LogP contribution in [0, 0.1) is 12.8 Å². The zero-order valence-corrected chi connectivity index (χ0v) is 13.5. The Balaban J connectivity index is 0.00000161. The molecule has 2 aromatic heterocycles. The van der Waals surface area contributed by atoms with E-state index in [1.807, 2.05) is 31.7 Å². The fourth-order valence-electron chi connectivity index (χ4n) is 2.55. The summed E-state index contributed by atoms with van der Waals surface area (Å²) in [6.07, 6.45) is 3.82. The van der Waals surface area contributed by atoms with Gasteiger partial charge in [0.15, 0.2) is 5.13 Å². The molecule has 0 radical (unpaired) electrons. The molecule has 1 aliphatic heterocycles. The summed E-state index contributed by atoms with van der Waals surface area (Å²) < 4.78 is 1.77. The van der Waals surface area contributed by atoms with Gasteiger partial charge < -0.3 is 10.6 Å². The number of hydrogen-bond acceptors (Lipinski definition) is 5. The van der Waals surface area contributed by atoms with E-state index in [0.29, 0.717) is 11.7 Å². The zero-order chi connectivity index (χ0) is 14.1. The molecule has 2 atom stereocenters. The molecule has 2 aromatic rings. The number of thiazole rings is 1. The number of nitrogens with one attached hydrogen (secondary N) is 2. The second-order valence-electron chi connectivity index (χ2n) is 5.10. The maximum Gasteiger partial charge on any atom is 0.231 e. The van der Waals surface area contributed by atoms with Crippen LogP contribution in [0.2, 0.25) is 0 Å². The first-order valence-corrected chi connectivity index (χ1v) is 7.43. The molecule has 3 heterocycles. The lowest BCUT2D eigenvalue weighted by atomic mass is 9.90. The van der Waals surface area contributed by atoms with E-state index in [2.05, 4.69) is 20.7 Å². The van der Waals surface area contributed by atoms with Gasteiger partial charge in [-0.25, -0.2) is 4.98 Å². The van der Waals surface area contributed by atoms with E-state index in [0.717, 1.165) is 17.8 Å². The molecule has 0 spiro atoms. The number of anilines is 1. The number of aromatic nitrogens is 3. The number of carbonyl (C=O) groups is 1. The van der Waals surface area contributed by atoms with Gasteiger partial charge in [0, 0.05) is 37.6 Å². The highest BCUT2D eigenvalue weighted by molar-refractivity contribution is 7.13. The minimum atomic E-state index is -0.0802. The summed E-state index contributed by atoms with van der Waals surface area (Å²) in [5.41, 5.74) is 2.03. The van der Waals surface area contributed by atoms with Gasteiger partial charge in [-0.3, -0.25) is 9.48 Å². The molecule has 3 rings (SSSR count). The van der Waals surface area contributed by atoms with Gasteiger partial charge in [0.05, 0.1) is 17.8 Å². The summed E-state index contributed by atoms with van der Waals surface area (Å²) in [5.74, 6) is 0.117. The summed E-state index contributed by atoms with van der Waals surface area (Å²) in [6.45, 7) is 3.41. The Morgan fingerprint density at radius 3 is 2.95 bits per heavy atom. The van der Waals surface area contributed by atoms with Crippen LogP contribution in [0.15, 0.2) is 17.8 Å². The smallest absolute Gasteiger partial charge is 0.231 e. The Morgan fingerprint density at radius 1 is 1.52 bits per heavy atom. The van der Waals surface area contributed by atoms with Crippen LogP contribution in [-0.4, -0.2) is 33.8 Å². The van der Waals surface area contributed by atoms with E-state index in [1.165, 1.54) is 11.3 Å². The van der Waals surface area contributed by atoms with Crippen molar-refractivity contribution in [2.24, 2.45) is 13.0 Å². The van der Waals surface area contributed by atoms with Crippen molar-refractivity contribution < 1.29 is 4.79 Å². The largest absolute Gasteiger partial charge is 0.315 e. The molecular formula is C13H18ClN5OS. The number of nitrogens with zero attached hydrogens (tertiary/aromatic N) is 3. The fourth-order valence-corrected chi connectivity index (χ4v) is 3.24. The predicted molar refractivity (Wildman–Crippen MR) is 85.0 cm³/mol. The van der Waals surface area contributed by atoms with Crippen LogP contribution in [0.25, 0.3) is 0 Å². The van der Waals surface area contributed by atoms with Gasteiger partial charge in [0.2, 0.25) is 5.91 Å². The van der Waals surface area contributed by atoms with Crippen LogP contribution in [0.4, 0.5) is 5.13 Å². The maximum atomic E-state index is 12.4. The van der Waals surface area contributed by atoms with Crippen molar-refractivity contribution in [3.8, 4) is 0 Å². The van der Waals surface area contributed by atoms with Crippen LogP contribution < -0.4 is 10.6 Å². The first-order chi connectivity index (χ1) is 9.63. The van der Waals surface area contributed by atoms with Crippen molar-refractivity contribution in [2.45, 2.75) is 12.8 Å². The standard InChI is InChI=1S/C13H17N5OS.ClH/c1-8-7-20-13(16-8)17-12(19)11-5-14-4-10(11)9-3-15-18(2)6-9;/h3,6-7,10-11,14H,4-5H2,1-2H3,(H,16,17,19);1H/t10-,11+;/m1./s1. The van der Waals surface area contributed by atoms with Gasteiger partial charge in [0.25, 0.3) is 0 Å². The summed E-state index contributed by atoms with van der Waals surface area (Å²) in [4.78, 5) is 16.7. The molecule has 2 N–H and O–H groups in total. The molecule has 1 fully saturated rings. The third-order valence-corrected chi connectivity index (χ3v) is 4.43. The van der Waals surface area contributed by atoms with E-state index >= 15 is 0 Å². The number of carbonyl (C=O) groups excluding carboxylic acids is 1. The molecule has 1 saturated heterocycles. The van der Waals surface area contributed by atoms with E-state index < -0.39 is 0 Å². The Labute approximate surface area is 133 Å². The summed E-state index contributed by atoms with van der Waals surface area (Å²) in [6, 6.07) is 0. The molecule has 6 nitrogen and oxygen atoms in total. The second-order valence-corrected chi connectivity index (χ2v) is 5.96. The van der Waals surface area contributed by atoms with E-state index in [4.69, 9.17) is 0 Å². The van der Waals surface area contributed by atoms with Crippen LogP contribution in [0.1, 0.15) is 17.2 Å². The topological polar surface area (TPSA) is 71.8 Å². The molecule has 8 heteroatoms. The van der Waals surface area contributed by atoms with Gasteiger partial charge in [0.1, 0.15) is 0 Å². The average Bonchev–Trinajstić information content (AvgIpc) is 3.09. The molecular weight excluding hydrogens is 310 g/mol. The maximum absolute atomic E-state index is 12.4. The normalized spacial score (nSPS) is 21.0. The molecule has 114 valence electrons. The Morgan fingerprint density at radius 2 is 2.33 bits per heavy atom. The second kappa shape index (κ2) is 6.55. The fraction of sp³-hybridized carbons (Fsp3) is 0.462. The third-order valence-electron chi connectivity index (χ3n) is 3.55. The first kappa shape index (κ1) is 15.9. The highest BCUT2D eigenvalue weighted by Gasteiger charge is 2.34. The van der Waals surface area contributed by atoms with Gasteiger partial charge >= 0.3 is 0 Å². The molecule has 0 unspecified atom stereocenters. The lowest BCUT2D eigenvalue weighted by Crippen LogP contribution is -2.28. The van der Waals surface area contributed by atoms with Crippen LogP contribution in [0.3, 0.4) is 0 Å². The quantitative estimate of drug-likeness (QED) is 0.897. The molecule has 0 aromatic carbocycles. The Hall–Kier alpha value is -1.44. The highest BCUT2D eigenvalue weighted by Crippen LogP contribution is 2.29. The zero-order valence-electron chi connectivity index (χ0n) is 11.9. The van der Waals surface area contributed by atoms with Gasteiger partial charge in [-0.2, -0.15) is 5.10 Å². The minimum absolute atomic E-state index is 0. The van der Waals surface area contributed by atoms with Gasteiger partial charge in [-0.15, -0.1) is 23.7 Å². The number of halogens is 1. The van der Waals surface area contributed by atoms with Crippen LogP contribution >= 0.6 is 23.7 Å². The van der Waals surface area contributed by atoms with E-state index in [9.17, 15) is 4.79 Å². The lowest BCUT2D eigenvalue weighted by Gasteiger charge is -2.15. The number of rotatable bonds is 3. The van der Waals surface area contributed by atoms with Crippen molar-refractivity contribution in [2.75, 3.05) is 18.4 Å². The molecule has 1 amide bonds. The Bertz CT molecular complexity index is 626. The Kier molecular flexibility index (Phi) is 4.97. The summed E-state index contributed by atoms with van der Waals surface area (Å²) >= 11 is 1.46. The molecule has 0 saturated carbocycles. The van der Waals surface area contributed by atoms with Crippen molar-refractivity contribution in [3.63, 3.8) is 0 Å². The van der Waals surface area contributed by atoms with Crippen molar-refractivity contribution in [3.05, 3.63) is 29.0 Å². The van der Waals surface area contributed by atoms with Gasteiger partial charge in [-0.05, 0) is 12.5 Å². The molecule has 0 aliphatic carbocycles. The third kappa shape index (κ3) is 3.42. The minimum Gasteiger partial charge on any atom is -0.315 e. The number of amides is 1. The highest BCUT2D eigenvalue weighted by atomic mass is 35.5. The first-order valence-electron chi connectivity index (χ1n) is 6.56. The monoisotopic (exact) mass is 327 g/mol. The molecule has 1 aliphatic rings. The van der Waals surface area contributed by atoms with Crippen molar-refractivity contribution in [1.82, 2.24) is 20.1 Å². The average molecular weight is 328 g/mol. The van der Waals surface area contributed by atoms with Gasteiger partial charge in [-0.1, -0.05) is 0 Å². The van der Waals surface area contributed by atoms with E-state index in [1.54, 1.807) is 4.68 Å². The number of aryl methyl sites for hydroxylation is 2. The SMILES string of the molecule is Cc1csc(NC(=O)[C@H]2CNC[C@@H]2c2cnn(C)c2)n1.Cl.